The van der Waals surface area contributed by atoms with Crippen molar-refractivity contribution in [2.45, 2.75) is 36.7 Å². The maximum Gasteiger partial charge on any atom is 0.258 e. The van der Waals surface area contributed by atoms with Crippen LogP contribution >= 0.6 is 0 Å². The molecule has 1 aromatic heterocycles. The topological polar surface area (TPSA) is 112 Å². The van der Waals surface area contributed by atoms with E-state index in [0.717, 1.165) is 42.4 Å². The number of aromatic amines is 1. The van der Waals surface area contributed by atoms with Gasteiger partial charge in [0.1, 0.15) is 22.6 Å². The average molecular weight is 589 g/mol. The molecule has 3 aromatic rings. The SMILES string of the molecule is COCCN(C)c1ccc(C(=O)Nc2n[nH]c3c2CN(S(=O)c2cc(F)cc(F)c2)CC3)c(NC2CCOCC2)c1. The third-order valence-electron chi connectivity index (χ3n) is 7.30. The number of methoxy groups -OCH3 is 1. The number of fused-ring (bicyclic) bond motifs is 1. The second kappa shape index (κ2) is 13.1. The summed E-state index contributed by atoms with van der Waals surface area (Å²) in [5.41, 5.74) is 3.61. The molecule has 1 saturated heterocycles. The summed E-state index contributed by atoms with van der Waals surface area (Å²) in [6, 6.07) is 8.69. The van der Waals surface area contributed by atoms with E-state index in [2.05, 4.69) is 25.7 Å². The summed E-state index contributed by atoms with van der Waals surface area (Å²) in [6.45, 7) is 3.16. The quantitative estimate of drug-likeness (QED) is 0.331. The van der Waals surface area contributed by atoms with Gasteiger partial charge in [-0.05, 0) is 43.2 Å². The summed E-state index contributed by atoms with van der Waals surface area (Å²) in [6.07, 6.45) is 2.15. The van der Waals surface area contributed by atoms with Gasteiger partial charge in [0.25, 0.3) is 5.91 Å². The second-order valence-electron chi connectivity index (χ2n) is 10.1. The Morgan fingerprint density at radius 2 is 1.98 bits per heavy atom. The molecular weight excluding hydrogens is 554 g/mol. The zero-order chi connectivity index (χ0) is 28.9. The van der Waals surface area contributed by atoms with Crippen molar-refractivity contribution in [2.24, 2.45) is 0 Å². The highest BCUT2D eigenvalue weighted by atomic mass is 32.2. The number of amides is 1. The molecule has 3 heterocycles. The number of nitrogens with zero attached hydrogens (tertiary/aromatic N) is 3. The van der Waals surface area contributed by atoms with Crippen LogP contribution in [0.3, 0.4) is 0 Å². The molecule has 220 valence electrons. The molecule has 1 fully saturated rings. The smallest absolute Gasteiger partial charge is 0.258 e. The van der Waals surface area contributed by atoms with E-state index in [1.165, 1.54) is 0 Å². The molecule has 10 nitrogen and oxygen atoms in total. The average Bonchev–Trinajstić information content (AvgIpc) is 3.37. The largest absolute Gasteiger partial charge is 0.383 e. The van der Waals surface area contributed by atoms with Gasteiger partial charge in [-0.25, -0.2) is 17.3 Å². The van der Waals surface area contributed by atoms with Crippen molar-refractivity contribution in [3.8, 4) is 0 Å². The first-order chi connectivity index (χ1) is 19.8. The number of aromatic nitrogens is 2. The lowest BCUT2D eigenvalue weighted by Gasteiger charge is -2.27. The minimum atomic E-state index is -1.79. The van der Waals surface area contributed by atoms with Crippen molar-refractivity contribution in [2.75, 3.05) is 62.6 Å². The number of halogens is 2. The predicted molar refractivity (Wildman–Crippen MR) is 152 cm³/mol. The fourth-order valence-electron chi connectivity index (χ4n) is 4.97. The Balaban J connectivity index is 1.35. The lowest BCUT2D eigenvalue weighted by molar-refractivity contribution is 0.0904. The van der Waals surface area contributed by atoms with Gasteiger partial charge in [-0.3, -0.25) is 9.89 Å². The Labute approximate surface area is 240 Å². The zero-order valence-electron chi connectivity index (χ0n) is 23.0. The monoisotopic (exact) mass is 588 g/mol. The molecule has 5 rings (SSSR count). The Morgan fingerprint density at radius 3 is 2.71 bits per heavy atom. The van der Waals surface area contributed by atoms with Crippen molar-refractivity contribution in [3.05, 3.63) is 64.9 Å². The van der Waals surface area contributed by atoms with Crippen molar-refractivity contribution in [1.29, 1.82) is 0 Å². The Bertz CT molecular complexity index is 1390. The van der Waals surface area contributed by atoms with Gasteiger partial charge in [-0.15, -0.1) is 0 Å². The van der Waals surface area contributed by atoms with Crippen molar-refractivity contribution < 1.29 is 27.3 Å². The van der Waals surface area contributed by atoms with Gasteiger partial charge in [0.2, 0.25) is 0 Å². The number of nitrogens with one attached hydrogen (secondary N) is 3. The van der Waals surface area contributed by atoms with Crippen LogP contribution < -0.4 is 15.5 Å². The maximum atomic E-state index is 13.7. The summed E-state index contributed by atoms with van der Waals surface area (Å²) in [4.78, 5) is 15.7. The van der Waals surface area contributed by atoms with Gasteiger partial charge in [-0.1, -0.05) is 0 Å². The minimum absolute atomic E-state index is 0.0411. The minimum Gasteiger partial charge on any atom is -0.383 e. The Hall–Kier alpha value is -3.39. The van der Waals surface area contributed by atoms with Gasteiger partial charge < -0.3 is 25.0 Å². The van der Waals surface area contributed by atoms with Crippen LogP contribution in [0.2, 0.25) is 0 Å². The fraction of sp³-hybridized carbons (Fsp3) is 0.429. The number of benzene rings is 2. The number of likely N-dealkylation sites (N-methyl/N-ethyl adjacent to an activating group) is 1. The van der Waals surface area contributed by atoms with E-state index in [4.69, 9.17) is 9.47 Å². The lowest BCUT2D eigenvalue weighted by Crippen LogP contribution is -2.32. The molecule has 0 spiro atoms. The van der Waals surface area contributed by atoms with Crippen molar-refractivity contribution >= 4 is 34.1 Å². The van der Waals surface area contributed by atoms with Gasteiger partial charge in [0.15, 0.2) is 5.82 Å². The molecule has 0 aliphatic carbocycles. The molecule has 0 radical (unpaired) electrons. The van der Waals surface area contributed by atoms with E-state index in [1.807, 2.05) is 19.2 Å². The molecule has 1 atom stereocenters. The first-order valence-electron chi connectivity index (χ1n) is 13.5. The van der Waals surface area contributed by atoms with Crippen LogP contribution in [-0.2, 0) is 33.4 Å². The molecule has 2 aliphatic heterocycles. The number of rotatable bonds is 10. The molecule has 3 N–H and O–H groups in total. The molecule has 0 bridgehead atoms. The molecule has 0 saturated carbocycles. The third kappa shape index (κ3) is 6.92. The zero-order valence-corrected chi connectivity index (χ0v) is 23.9. The van der Waals surface area contributed by atoms with E-state index in [1.54, 1.807) is 17.5 Å². The molecule has 1 amide bonds. The summed E-state index contributed by atoms with van der Waals surface area (Å²) in [7, 11) is 1.83. The highest BCUT2D eigenvalue weighted by molar-refractivity contribution is 7.82. The molecule has 1 unspecified atom stereocenters. The van der Waals surface area contributed by atoms with E-state index < -0.39 is 22.6 Å². The van der Waals surface area contributed by atoms with Crippen molar-refractivity contribution in [3.63, 3.8) is 0 Å². The summed E-state index contributed by atoms with van der Waals surface area (Å²) >= 11 is 0. The second-order valence-corrected chi connectivity index (χ2v) is 11.6. The number of hydrogen-bond donors (Lipinski definition) is 3. The molecule has 2 aliphatic rings. The van der Waals surface area contributed by atoms with Gasteiger partial charge >= 0.3 is 0 Å². The fourth-order valence-corrected chi connectivity index (χ4v) is 6.20. The number of H-pyrrole nitrogens is 1. The van der Waals surface area contributed by atoms with Crippen LogP contribution in [0.25, 0.3) is 0 Å². The lowest BCUT2D eigenvalue weighted by atomic mass is 10.1. The first-order valence-corrected chi connectivity index (χ1v) is 14.6. The Morgan fingerprint density at radius 1 is 1.22 bits per heavy atom. The number of ether oxygens (including phenoxy) is 2. The third-order valence-corrected chi connectivity index (χ3v) is 8.72. The molecule has 41 heavy (non-hydrogen) atoms. The molecule has 2 aromatic carbocycles. The van der Waals surface area contributed by atoms with Crippen molar-refractivity contribution in [1.82, 2.24) is 14.5 Å². The van der Waals surface area contributed by atoms with Gasteiger partial charge in [-0.2, -0.15) is 5.10 Å². The number of carbonyl (C=O) groups excluding carboxylic acids is 1. The highest BCUT2D eigenvalue weighted by Gasteiger charge is 2.28. The summed E-state index contributed by atoms with van der Waals surface area (Å²) in [5.74, 6) is -1.59. The van der Waals surface area contributed by atoms with E-state index in [0.29, 0.717) is 62.0 Å². The standard InChI is InChI=1S/C28H34F2N6O4S/c1-35(9-12-39-2)21-3-4-23(26(16-21)31-20-6-10-40-11-7-20)28(37)32-27-24-17-36(8-5-25(24)33-34-27)41(38)22-14-18(29)13-19(30)15-22/h3-4,13-16,20,31H,5-12,17H2,1-2H3,(H2,32,33,34,37). The first kappa shape index (κ1) is 29.1. The van der Waals surface area contributed by atoms with Crippen LogP contribution in [0.1, 0.15) is 34.5 Å². The van der Waals surface area contributed by atoms with E-state index in [9.17, 15) is 17.8 Å². The van der Waals surface area contributed by atoms with Gasteiger partial charge in [0.05, 0.1) is 17.1 Å². The highest BCUT2D eigenvalue weighted by Crippen LogP contribution is 2.30. The maximum absolute atomic E-state index is 13.7. The van der Waals surface area contributed by atoms with Gasteiger partial charge in [0, 0.05) is 88.2 Å². The van der Waals surface area contributed by atoms with Crippen LogP contribution in [0.15, 0.2) is 41.3 Å². The number of hydrogen-bond acceptors (Lipinski definition) is 7. The number of carbonyl (C=O) groups is 1. The van der Waals surface area contributed by atoms with Crippen LogP contribution in [-0.4, -0.2) is 77.7 Å². The molecule has 13 heteroatoms. The summed E-state index contributed by atoms with van der Waals surface area (Å²) in [5, 5.41) is 13.7. The van der Waals surface area contributed by atoms with E-state index in [-0.39, 0.29) is 23.4 Å². The van der Waals surface area contributed by atoms with E-state index >= 15 is 0 Å². The van der Waals surface area contributed by atoms with Crippen LogP contribution in [0.4, 0.5) is 26.0 Å². The predicted octanol–water partition coefficient (Wildman–Crippen LogP) is 3.69. The number of anilines is 3. The normalized spacial score (nSPS) is 16.7. The summed E-state index contributed by atoms with van der Waals surface area (Å²) < 4.78 is 52.9. The Kier molecular flexibility index (Phi) is 9.28. The van der Waals surface area contributed by atoms with Crippen LogP contribution in [0.5, 0.6) is 0 Å². The molecular formula is C28H34F2N6O4S. The van der Waals surface area contributed by atoms with Crippen LogP contribution in [0, 0.1) is 11.6 Å².